The molecule has 1 amide bonds. The highest BCUT2D eigenvalue weighted by Gasteiger charge is 2.30. The van der Waals surface area contributed by atoms with Gasteiger partial charge >= 0.3 is 0 Å². The molecule has 1 atom stereocenters. The van der Waals surface area contributed by atoms with E-state index in [1.54, 1.807) is 11.8 Å². The fraction of sp³-hybridized carbons (Fsp3) is 0.875. The number of nitrogens with zero attached hydrogens (tertiary/aromatic N) is 1. The van der Waals surface area contributed by atoms with E-state index < -0.39 is 5.67 Å². The van der Waals surface area contributed by atoms with Crippen LogP contribution in [0.15, 0.2) is 0 Å². The van der Waals surface area contributed by atoms with Crippen molar-refractivity contribution in [1.82, 2.24) is 4.90 Å². The standard InChI is InChI=1S/C8H15FN2O/c1-8(9)3-2-4-11(6-8)5-7(10)12/h2-6H2,1H3,(H2,10,12). The van der Waals surface area contributed by atoms with Crippen LogP contribution in [0.3, 0.4) is 0 Å². The monoisotopic (exact) mass is 174 g/mol. The summed E-state index contributed by atoms with van der Waals surface area (Å²) in [6.45, 7) is 2.86. The van der Waals surface area contributed by atoms with E-state index >= 15 is 0 Å². The topological polar surface area (TPSA) is 46.3 Å². The lowest BCUT2D eigenvalue weighted by atomic mass is 9.97. The van der Waals surface area contributed by atoms with Crippen LogP contribution in [0, 0.1) is 0 Å². The van der Waals surface area contributed by atoms with Gasteiger partial charge in [0, 0.05) is 6.54 Å². The average Bonchev–Trinajstić information content (AvgIpc) is 1.82. The third kappa shape index (κ3) is 2.77. The molecule has 1 fully saturated rings. The zero-order chi connectivity index (χ0) is 9.19. The van der Waals surface area contributed by atoms with Crippen molar-refractivity contribution in [1.29, 1.82) is 0 Å². The summed E-state index contributed by atoms with van der Waals surface area (Å²) in [5, 5.41) is 0. The molecular formula is C8H15FN2O. The third-order valence-corrected chi connectivity index (χ3v) is 2.11. The molecule has 0 aromatic rings. The normalized spacial score (nSPS) is 31.8. The summed E-state index contributed by atoms with van der Waals surface area (Å²) in [5.74, 6) is -0.382. The Kier molecular flexibility index (Phi) is 2.67. The van der Waals surface area contributed by atoms with Crippen molar-refractivity contribution in [2.45, 2.75) is 25.4 Å². The van der Waals surface area contributed by atoms with Gasteiger partial charge in [-0.1, -0.05) is 0 Å². The van der Waals surface area contributed by atoms with Crippen LogP contribution in [-0.2, 0) is 4.79 Å². The zero-order valence-corrected chi connectivity index (χ0v) is 7.35. The molecule has 4 heteroatoms. The Bertz CT molecular complexity index is 182. The Labute approximate surface area is 71.7 Å². The molecule has 2 N–H and O–H groups in total. The number of amides is 1. The maximum atomic E-state index is 13.4. The lowest BCUT2D eigenvalue weighted by molar-refractivity contribution is -0.120. The van der Waals surface area contributed by atoms with Gasteiger partial charge in [0.25, 0.3) is 0 Å². The maximum absolute atomic E-state index is 13.4. The molecule has 1 rings (SSSR count). The molecule has 1 heterocycles. The Morgan fingerprint density at radius 2 is 2.42 bits per heavy atom. The van der Waals surface area contributed by atoms with Crippen molar-refractivity contribution < 1.29 is 9.18 Å². The minimum absolute atomic E-state index is 0.180. The number of hydrogen-bond acceptors (Lipinski definition) is 2. The largest absolute Gasteiger partial charge is 0.369 e. The van der Waals surface area contributed by atoms with Crippen LogP contribution in [0.4, 0.5) is 4.39 Å². The molecule has 0 spiro atoms. The maximum Gasteiger partial charge on any atom is 0.231 e. The predicted octanol–water partition coefficient (Wildman–Crippen LogP) is 0.296. The molecule has 1 saturated heterocycles. The van der Waals surface area contributed by atoms with E-state index in [0.717, 1.165) is 13.0 Å². The lowest BCUT2D eigenvalue weighted by Gasteiger charge is -2.34. The van der Waals surface area contributed by atoms with E-state index in [1.807, 2.05) is 0 Å². The van der Waals surface area contributed by atoms with Crippen molar-refractivity contribution in [3.05, 3.63) is 0 Å². The summed E-state index contributed by atoms with van der Waals surface area (Å²) < 4.78 is 13.4. The first-order valence-electron chi connectivity index (χ1n) is 4.19. The molecule has 0 bridgehead atoms. The van der Waals surface area contributed by atoms with Gasteiger partial charge in [-0.2, -0.15) is 0 Å². The van der Waals surface area contributed by atoms with Gasteiger partial charge < -0.3 is 5.73 Å². The smallest absolute Gasteiger partial charge is 0.231 e. The van der Waals surface area contributed by atoms with Crippen molar-refractivity contribution in [3.63, 3.8) is 0 Å². The van der Waals surface area contributed by atoms with Gasteiger partial charge in [-0.15, -0.1) is 0 Å². The molecule has 1 unspecified atom stereocenters. The fourth-order valence-electron chi connectivity index (χ4n) is 1.65. The van der Waals surface area contributed by atoms with Gasteiger partial charge in [0.15, 0.2) is 0 Å². The van der Waals surface area contributed by atoms with E-state index in [9.17, 15) is 9.18 Å². The minimum Gasteiger partial charge on any atom is -0.369 e. The molecule has 1 aliphatic heterocycles. The molecule has 70 valence electrons. The van der Waals surface area contributed by atoms with Gasteiger partial charge in [-0.25, -0.2) is 4.39 Å². The Hall–Kier alpha value is -0.640. The zero-order valence-electron chi connectivity index (χ0n) is 7.35. The third-order valence-electron chi connectivity index (χ3n) is 2.11. The summed E-state index contributed by atoms with van der Waals surface area (Å²) in [6.07, 6.45) is 1.39. The first kappa shape index (κ1) is 9.45. The average molecular weight is 174 g/mol. The summed E-state index contributed by atoms with van der Waals surface area (Å²) >= 11 is 0. The number of alkyl halides is 1. The van der Waals surface area contributed by atoms with Gasteiger partial charge in [0.05, 0.1) is 6.54 Å². The van der Waals surface area contributed by atoms with Crippen molar-refractivity contribution in [3.8, 4) is 0 Å². The first-order valence-corrected chi connectivity index (χ1v) is 4.19. The molecule has 0 aromatic carbocycles. The highest BCUT2D eigenvalue weighted by Crippen LogP contribution is 2.23. The fourth-order valence-corrected chi connectivity index (χ4v) is 1.65. The SMILES string of the molecule is CC1(F)CCCN(CC(N)=O)C1. The van der Waals surface area contributed by atoms with Gasteiger partial charge in [0.1, 0.15) is 5.67 Å². The number of primary amides is 1. The van der Waals surface area contributed by atoms with Gasteiger partial charge in [0.2, 0.25) is 5.91 Å². The van der Waals surface area contributed by atoms with Crippen LogP contribution in [0.5, 0.6) is 0 Å². The second-order valence-corrected chi connectivity index (χ2v) is 3.69. The Morgan fingerprint density at radius 1 is 1.75 bits per heavy atom. The molecule has 12 heavy (non-hydrogen) atoms. The van der Waals surface area contributed by atoms with Crippen LogP contribution in [0.1, 0.15) is 19.8 Å². The van der Waals surface area contributed by atoms with Crippen LogP contribution in [-0.4, -0.2) is 36.1 Å². The van der Waals surface area contributed by atoms with Gasteiger partial charge in [-0.3, -0.25) is 9.69 Å². The van der Waals surface area contributed by atoms with E-state index in [0.29, 0.717) is 13.0 Å². The molecule has 3 nitrogen and oxygen atoms in total. The number of hydrogen-bond donors (Lipinski definition) is 1. The number of likely N-dealkylation sites (tertiary alicyclic amines) is 1. The van der Waals surface area contributed by atoms with E-state index in [1.165, 1.54) is 0 Å². The molecular weight excluding hydrogens is 159 g/mol. The molecule has 0 radical (unpaired) electrons. The van der Waals surface area contributed by atoms with Crippen LogP contribution < -0.4 is 5.73 Å². The Morgan fingerprint density at radius 3 is 2.92 bits per heavy atom. The second kappa shape index (κ2) is 3.39. The number of piperidine rings is 1. The highest BCUT2D eigenvalue weighted by molar-refractivity contribution is 5.75. The number of carbonyl (C=O) groups excluding carboxylic acids is 1. The van der Waals surface area contributed by atoms with Crippen LogP contribution in [0.2, 0.25) is 0 Å². The van der Waals surface area contributed by atoms with Crippen molar-refractivity contribution in [2.75, 3.05) is 19.6 Å². The molecule has 0 aromatic heterocycles. The number of rotatable bonds is 2. The van der Waals surface area contributed by atoms with Crippen molar-refractivity contribution in [2.24, 2.45) is 5.73 Å². The predicted molar refractivity (Wildman–Crippen MR) is 44.4 cm³/mol. The Balaban J connectivity index is 2.41. The highest BCUT2D eigenvalue weighted by atomic mass is 19.1. The van der Waals surface area contributed by atoms with E-state index in [4.69, 9.17) is 5.73 Å². The number of nitrogens with two attached hydrogens (primary N) is 1. The van der Waals surface area contributed by atoms with E-state index in [-0.39, 0.29) is 12.5 Å². The molecule has 0 aliphatic carbocycles. The minimum atomic E-state index is -1.15. The number of carbonyl (C=O) groups is 1. The van der Waals surface area contributed by atoms with Gasteiger partial charge in [-0.05, 0) is 26.3 Å². The summed E-state index contributed by atoms with van der Waals surface area (Å²) in [5.41, 5.74) is 3.86. The second-order valence-electron chi connectivity index (χ2n) is 3.69. The quantitative estimate of drug-likeness (QED) is 0.654. The molecule has 0 saturated carbocycles. The number of halogens is 1. The summed E-state index contributed by atoms with van der Waals surface area (Å²) in [4.78, 5) is 12.3. The van der Waals surface area contributed by atoms with Crippen LogP contribution >= 0.6 is 0 Å². The summed E-state index contributed by atoms with van der Waals surface area (Å²) in [7, 11) is 0. The van der Waals surface area contributed by atoms with Crippen LogP contribution in [0.25, 0.3) is 0 Å². The van der Waals surface area contributed by atoms with Crippen molar-refractivity contribution >= 4 is 5.91 Å². The van der Waals surface area contributed by atoms with E-state index in [2.05, 4.69) is 0 Å². The first-order chi connectivity index (χ1) is 5.49. The lowest BCUT2D eigenvalue weighted by Crippen LogP contribution is -2.46. The molecule has 1 aliphatic rings. The summed E-state index contributed by atoms with van der Waals surface area (Å²) in [6, 6.07) is 0.